The number of hydrogen-bond donors (Lipinski definition) is 1. The smallest absolute Gasteiger partial charge is 0.0979 e. The highest BCUT2D eigenvalue weighted by Crippen LogP contribution is 2.27. The first-order valence-electron chi connectivity index (χ1n) is 6.62. The van der Waals surface area contributed by atoms with Gasteiger partial charge in [-0.2, -0.15) is 0 Å². The summed E-state index contributed by atoms with van der Waals surface area (Å²) in [6.07, 6.45) is 0.958. The zero-order chi connectivity index (χ0) is 13.7. The summed E-state index contributed by atoms with van der Waals surface area (Å²) in [5.74, 6) is 0.468. The maximum atomic E-state index is 6.18. The molecule has 102 valence electrons. The van der Waals surface area contributed by atoms with Crippen LogP contribution in [0, 0.1) is 5.92 Å². The van der Waals surface area contributed by atoms with Gasteiger partial charge in [-0.1, -0.05) is 44.5 Å². The molecule has 0 amide bonds. The molecule has 1 rings (SSSR count). The van der Waals surface area contributed by atoms with Crippen LogP contribution < -0.4 is 5.73 Å². The third-order valence-electron chi connectivity index (χ3n) is 3.34. The van der Waals surface area contributed by atoms with Crippen LogP contribution in [0.3, 0.4) is 0 Å². The largest absolute Gasteiger partial charge is 0.369 e. The van der Waals surface area contributed by atoms with Crippen LogP contribution in [0.2, 0.25) is 5.02 Å². The van der Waals surface area contributed by atoms with Crippen molar-refractivity contribution >= 4 is 11.6 Å². The van der Waals surface area contributed by atoms with Crippen molar-refractivity contribution in [2.75, 3.05) is 0 Å². The van der Waals surface area contributed by atoms with Crippen molar-refractivity contribution < 1.29 is 4.74 Å². The van der Waals surface area contributed by atoms with Crippen LogP contribution in [0.4, 0.5) is 0 Å². The Bertz CT molecular complexity index is 367. The maximum Gasteiger partial charge on any atom is 0.0979 e. The Hall–Kier alpha value is -0.570. The number of halogens is 1. The Morgan fingerprint density at radius 2 is 1.94 bits per heavy atom. The lowest BCUT2D eigenvalue weighted by Gasteiger charge is -2.29. The predicted molar refractivity (Wildman–Crippen MR) is 77.8 cm³/mol. The Labute approximate surface area is 115 Å². The summed E-state index contributed by atoms with van der Waals surface area (Å²) < 4.78 is 6.12. The standard InChI is InChI=1S/C15H24ClNO/c1-5-14(17)15(18-11(4)10(2)3)12-7-6-8-13(16)9-12/h6-11,14-15H,5,17H2,1-4H3. The molecule has 0 saturated heterocycles. The maximum absolute atomic E-state index is 6.18. The highest BCUT2D eigenvalue weighted by molar-refractivity contribution is 6.30. The van der Waals surface area contributed by atoms with Gasteiger partial charge < -0.3 is 10.5 Å². The van der Waals surface area contributed by atoms with Crippen molar-refractivity contribution in [3.05, 3.63) is 34.9 Å². The van der Waals surface area contributed by atoms with Crippen molar-refractivity contribution in [1.82, 2.24) is 0 Å². The van der Waals surface area contributed by atoms with E-state index in [1.165, 1.54) is 0 Å². The van der Waals surface area contributed by atoms with E-state index in [-0.39, 0.29) is 18.2 Å². The third-order valence-corrected chi connectivity index (χ3v) is 3.57. The summed E-state index contributed by atoms with van der Waals surface area (Å²) >= 11 is 6.04. The van der Waals surface area contributed by atoms with E-state index in [0.717, 1.165) is 17.0 Å². The molecule has 0 saturated carbocycles. The number of rotatable bonds is 6. The molecule has 0 heterocycles. The van der Waals surface area contributed by atoms with Gasteiger partial charge in [0, 0.05) is 11.1 Å². The van der Waals surface area contributed by atoms with E-state index in [1.54, 1.807) is 0 Å². The van der Waals surface area contributed by atoms with Gasteiger partial charge in [-0.25, -0.2) is 0 Å². The third kappa shape index (κ3) is 4.27. The van der Waals surface area contributed by atoms with Gasteiger partial charge in [0.05, 0.1) is 12.2 Å². The normalized spacial score (nSPS) is 16.6. The highest BCUT2D eigenvalue weighted by Gasteiger charge is 2.23. The first-order valence-corrected chi connectivity index (χ1v) is 7.00. The van der Waals surface area contributed by atoms with E-state index in [1.807, 2.05) is 24.3 Å². The second-order valence-corrected chi connectivity index (χ2v) is 5.57. The number of hydrogen-bond acceptors (Lipinski definition) is 2. The fraction of sp³-hybridized carbons (Fsp3) is 0.600. The van der Waals surface area contributed by atoms with Gasteiger partial charge >= 0.3 is 0 Å². The molecule has 2 nitrogen and oxygen atoms in total. The lowest BCUT2D eigenvalue weighted by molar-refractivity contribution is -0.0395. The first-order chi connectivity index (χ1) is 8.45. The van der Waals surface area contributed by atoms with Crippen LogP contribution in [0.25, 0.3) is 0 Å². The van der Waals surface area contributed by atoms with Gasteiger partial charge in [0.1, 0.15) is 0 Å². The van der Waals surface area contributed by atoms with Crippen molar-refractivity contribution in [2.24, 2.45) is 11.7 Å². The van der Waals surface area contributed by atoms with Crippen molar-refractivity contribution in [3.63, 3.8) is 0 Å². The van der Waals surface area contributed by atoms with Crippen LogP contribution in [0.1, 0.15) is 45.8 Å². The Morgan fingerprint density at radius 1 is 1.28 bits per heavy atom. The van der Waals surface area contributed by atoms with Crippen molar-refractivity contribution in [2.45, 2.75) is 52.4 Å². The Kier molecular flexibility index (Phi) is 6.13. The molecular formula is C15H24ClNO. The van der Waals surface area contributed by atoms with Gasteiger partial charge in [-0.05, 0) is 37.0 Å². The molecule has 0 radical (unpaired) electrons. The van der Waals surface area contributed by atoms with E-state index in [2.05, 4.69) is 27.7 Å². The Morgan fingerprint density at radius 3 is 2.44 bits per heavy atom. The molecule has 0 spiro atoms. The first kappa shape index (κ1) is 15.5. The molecule has 3 atom stereocenters. The minimum Gasteiger partial charge on any atom is -0.369 e. The fourth-order valence-electron chi connectivity index (χ4n) is 1.71. The van der Waals surface area contributed by atoms with E-state index in [4.69, 9.17) is 22.1 Å². The van der Waals surface area contributed by atoms with Crippen LogP contribution in [0.5, 0.6) is 0 Å². The molecule has 0 aromatic heterocycles. The number of benzene rings is 1. The van der Waals surface area contributed by atoms with Gasteiger partial charge in [-0.3, -0.25) is 0 Å². The topological polar surface area (TPSA) is 35.2 Å². The predicted octanol–water partition coefficient (Wildman–Crippen LogP) is 4.18. The number of ether oxygens (including phenoxy) is 1. The summed E-state index contributed by atoms with van der Waals surface area (Å²) in [6, 6.07) is 7.76. The SMILES string of the molecule is CCC(N)C(OC(C)C(C)C)c1cccc(Cl)c1. The van der Waals surface area contributed by atoms with Gasteiger partial charge in [-0.15, -0.1) is 0 Å². The van der Waals surface area contributed by atoms with Crippen molar-refractivity contribution in [1.29, 1.82) is 0 Å². The van der Waals surface area contributed by atoms with Crippen LogP contribution in [0.15, 0.2) is 24.3 Å². The monoisotopic (exact) mass is 269 g/mol. The van der Waals surface area contributed by atoms with Crippen molar-refractivity contribution in [3.8, 4) is 0 Å². The van der Waals surface area contributed by atoms with E-state index < -0.39 is 0 Å². The minimum atomic E-state index is -0.0916. The fourth-order valence-corrected chi connectivity index (χ4v) is 1.91. The van der Waals surface area contributed by atoms with E-state index in [0.29, 0.717) is 5.92 Å². The second-order valence-electron chi connectivity index (χ2n) is 5.13. The molecule has 0 aliphatic carbocycles. The quantitative estimate of drug-likeness (QED) is 0.841. The van der Waals surface area contributed by atoms with Crippen LogP contribution >= 0.6 is 11.6 Å². The van der Waals surface area contributed by atoms with Gasteiger partial charge in [0.25, 0.3) is 0 Å². The van der Waals surface area contributed by atoms with Gasteiger partial charge in [0.15, 0.2) is 0 Å². The summed E-state index contributed by atoms with van der Waals surface area (Å²) in [5.41, 5.74) is 7.24. The van der Waals surface area contributed by atoms with Crippen LogP contribution in [-0.2, 0) is 4.74 Å². The molecule has 3 unspecified atom stereocenters. The lowest BCUT2D eigenvalue weighted by Crippen LogP contribution is -2.33. The lowest BCUT2D eigenvalue weighted by atomic mass is 9.99. The zero-order valence-electron chi connectivity index (χ0n) is 11.7. The van der Waals surface area contributed by atoms with Gasteiger partial charge in [0.2, 0.25) is 0 Å². The summed E-state index contributed by atoms with van der Waals surface area (Å²) in [6.45, 7) is 8.46. The number of nitrogens with two attached hydrogens (primary N) is 1. The average Bonchev–Trinajstić information content (AvgIpc) is 2.34. The molecule has 1 aromatic carbocycles. The second kappa shape index (κ2) is 7.13. The Balaban J connectivity index is 2.91. The molecule has 0 bridgehead atoms. The average molecular weight is 270 g/mol. The van der Waals surface area contributed by atoms with E-state index >= 15 is 0 Å². The zero-order valence-corrected chi connectivity index (χ0v) is 12.4. The van der Waals surface area contributed by atoms with E-state index in [9.17, 15) is 0 Å². The summed E-state index contributed by atoms with van der Waals surface area (Å²) in [5, 5.41) is 0.724. The molecule has 3 heteroatoms. The summed E-state index contributed by atoms with van der Waals surface area (Å²) in [4.78, 5) is 0. The molecule has 18 heavy (non-hydrogen) atoms. The molecule has 0 aliphatic heterocycles. The molecule has 1 aromatic rings. The summed E-state index contributed by atoms with van der Waals surface area (Å²) in [7, 11) is 0. The molecule has 2 N–H and O–H groups in total. The molecule has 0 fully saturated rings. The highest BCUT2D eigenvalue weighted by atomic mass is 35.5. The molecular weight excluding hydrogens is 246 g/mol. The molecule has 0 aliphatic rings. The minimum absolute atomic E-state index is 0.00957. The van der Waals surface area contributed by atoms with Crippen LogP contribution in [-0.4, -0.2) is 12.1 Å².